The van der Waals surface area contributed by atoms with Crippen molar-refractivity contribution in [3.05, 3.63) is 105 Å². The molecular weight excluding hydrogens is 439 g/mol. The fourth-order valence-electron chi connectivity index (χ4n) is 4.37. The Labute approximate surface area is 191 Å². The monoisotopic (exact) mass is 456 g/mol. The normalized spacial score (nSPS) is 15.5. The summed E-state index contributed by atoms with van der Waals surface area (Å²) in [5, 5.41) is 0.597. The van der Waals surface area contributed by atoms with E-state index in [9.17, 15) is 14.0 Å². The molecule has 1 atom stereocenters. The lowest BCUT2D eigenvalue weighted by Gasteiger charge is -2.22. The Morgan fingerprint density at radius 1 is 1.06 bits per heavy atom. The van der Waals surface area contributed by atoms with E-state index in [1.807, 2.05) is 42.5 Å². The van der Waals surface area contributed by atoms with Gasteiger partial charge in [0.1, 0.15) is 11.4 Å². The predicted molar refractivity (Wildman–Crippen MR) is 127 cm³/mol. The number of hydrogen-bond acceptors (Lipinski definition) is 5. The Kier molecular flexibility index (Phi) is 4.41. The van der Waals surface area contributed by atoms with E-state index in [-0.39, 0.29) is 22.3 Å². The maximum absolute atomic E-state index is 13.9. The van der Waals surface area contributed by atoms with Gasteiger partial charge in [0.25, 0.3) is 5.91 Å². The number of carbonyl (C=O) groups is 1. The van der Waals surface area contributed by atoms with Crippen LogP contribution in [0.25, 0.3) is 21.2 Å². The van der Waals surface area contributed by atoms with Crippen molar-refractivity contribution in [1.82, 2.24) is 4.98 Å². The van der Waals surface area contributed by atoms with Crippen molar-refractivity contribution in [3.63, 3.8) is 0 Å². The molecule has 1 aliphatic rings. The molecule has 162 valence electrons. The third-order valence-corrected chi connectivity index (χ3v) is 7.02. The zero-order valence-corrected chi connectivity index (χ0v) is 18.4. The van der Waals surface area contributed by atoms with Crippen molar-refractivity contribution >= 4 is 43.6 Å². The molecular formula is C26H17FN2O3S. The summed E-state index contributed by atoms with van der Waals surface area (Å²) in [5.41, 5.74) is 2.69. The van der Waals surface area contributed by atoms with Crippen LogP contribution in [0.15, 0.2) is 75.9 Å². The molecule has 5 nitrogen and oxygen atoms in total. The maximum Gasteiger partial charge on any atom is 0.297 e. The van der Waals surface area contributed by atoms with Crippen LogP contribution in [-0.2, 0) is 6.42 Å². The van der Waals surface area contributed by atoms with Crippen LogP contribution in [0, 0.1) is 5.82 Å². The Morgan fingerprint density at radius 2 is 1.88 bits per heavy atom. The van der Waals surface area contributed by atoms with Gasteiger partial charge in [0.05, 0.1) is 27.2 Å². The molecule has 0 saturated heterocycles. The van der Waals surface area contributed by atoms with Gasteiger partial charge in [-0.25, -0.2) is 9.37 Å². The van der Waals surface area contributed by atoms with Gasteiger partial charge in [-0.05, 0) is 47.9 Å². The van der Waals surface area contributed by atoms with E-state index in [4.69, 9.17) is 9.40 Å². The van der Waals surface area contributed by atoms with E-state index in [0.717, 1.165) is 28.3 Å². The summed E-state index contributed by atoms with van der Waals surface area (Å²) in [6, 6.07) is 18.4. The first-order valence-corrected chi connectivity index (χ1v) is 11.4. The van der Waals surface area contributed by atoms with Crippen LogP contribution in [-0.4, -0.2) is 10.9 Å². The zero-order valence-electron chi connectivity index (χ0n) is 17.5. The number of halogens is 1. The van der Waals surface area contributed by atoms with Gasteiger partial charge in [-0.1, -0.05) is 54.7 Å². The standard InChI is InChI=1S/C26H17FN2O3S/c1-2-14-8-10-18-20(12-14)33-26(28-18)29-22(15-6-4-3-5-7-15)21-23(30)17-13-16(27)9-11-19(17)32-24(21)25(29)31/h3-13,22H,2H2,1H3/t22-/m1/s1. The summed E-state index contributed by atoms with van der Waals surface area (Å²) in [7, 11) is 0. The zero-order chi connectivity index (χ0) is 22.7. The molecule has 0 bridgehead atoms. The highest BCUT2D eigenvalue weighted by molar-refractivity contribution is 7.22. The molecule has 0 saturated carbocycles. The summed E-state index contributed by atoms with van der Waals surface area (Å²) < 4.78 is 20.8. The third kappa shape index (κ3) is 3.00. The highest BCUT2D eigenvalue weighted by atomic mass is 32.1. The van der Waals surface area contributed by atoms with Gasteiger partial charge in [0.15, 0.2) is 10.6 Å². The van der Waals surface area contributed by atoms with Crippen molar-refractivity contribution in [1.29, 1.82) is 0 Å². The van der Waals surface area contributed by atoms with E-state index in [1.54, 1.807) is 0 Å². The maximum atomic E-state index is 13.9. The van der Waals surface area contributed by atoms with Gasteiger partial charge < -0.3 is 4.42 Å². The summed E-state index contributed by atoms with van der Waals surface area (Å²) in [6.45, 7) is 2.08. The summed E-state index contributed by atoms with van der Waals surface area (Å²) in [4.78, 5) is 33.4. The van der Waals surface area contributed by atoms with E-state index in [1.165, 1.54) is 33.9 Å². The average molecular weight is 456 g/mol. The van der Waals surface area contributed by atoms with E-state index in [0.29, 0.717) is 5.13 Å². The molecule has 1 aliphatic heterocycles. The fraction of sp³-hybridized carbons (Fsp3) is 0.115. The van der Waals surface area contributed by atoms with Crippen LogP contribution < -0.4 is 10.3 Å². The molecule has 5 aromatic rings. The third-order valence-electron chi connectivity index (χ3n) is 6.00. The van der Waals surface area contributed by atoms with Crippen LogP contribution in [0.3, 0.4) is 0 Å². The van der Waals surface area contributed by atoms with Gasteiger partial charge in [-0.2, -0.15) is 0 Å². The lowest BCUT2D eigenvalue weighted by molar-refractivity contribution is 0.0971. The minimum absolute atomic E-state index is 0.0264. The number of anilines is 1. The molecule has 0 unspecified atom stereocenters. The number of carbonyl (C=O) groups excluding carboxylic acids is 1. The molecule has 0 aliphatic carbocycles. The fourth-order valence-corrected chi connectivity index (χ4v) is 5.43. The first-order valence-electron chi connectivity index (χ1n) is 10.6. The quantitative estimate of drug-likeness (QED) is 0.341. The van der Waals surface area contributed by atoms with Crippen LogP contribution in [0.2, 0.25) is 0 Å². The van der Waals surface area contributed by atoms with Gasteiger partial charge in [0.2, 0.25) is 5.76 Å². The molecule has 6 rings (SSSR count). The number of benzene rings is 3. The molecule has 1 amide bonds. The van der Waals surface area contributed by atoms with Crippen LogP contribution in [0.1, 0.15) is 40.2 Å². The minimum Gasteiger partial charge on any atom is -0.450 e. The van der Waals surface area contributed by atoms with Gasteiger partial charge >= 0.3 is 0 Å². The first kappa shape index (κ1) is 19.8. The SMILES string of the molecule is CCc1ccc2nc(N3C(=O)c4oc5ccc(F)cc5c(=O)c4[C@H]3c3ccccc3)sc2c1. The van der Waals surface area contributed by atoms with E-state index in [2.05, 4.69) is 13.0 Å². The summed E-state index contributed by atoms with van der Waals surface area (Å²) in [5.74, 6) is -0.997. The Balaban J connectivity index is 1.62. The molecule has 3 heterocycles. The van der Waals surface area contributed by atoms with E-state index < -0.39 is 23.2 Å². The van der Waals surface area contributed by atoms with Gasteiger partial charge in [0, 0.05) is 0 Å². The first-order chi connectivity index (χ1) is 16.0. The number of amides is 1. The van der Waals surface area contributed by atoms with Crippen LogP contribution >= 0.6 is 11.3 Å². The van der Waals surface area contributed by atoms with Crippen molar-refractivity contribution in [2.75, 3.05) is 4.90 Å². The number of nitrogens with zero attached hydrogens (tertiary/aromatic N) is 2. The lowest BCUT2D eigenvalue weighted by Crippen LogP contribution is -2.29. The van der Waals surface area contributed by atoms with Crippen LogP contribution in [0.5, 0.6) is 0 Å². The smallest absolute Gasteiger partial charge is 0.297 e. The Morgan fingerprint density at radius 3 is 2.67 bits per heavy atom. The van der Waals surface area contributed by atoms with Gasteiger partial charge in [-0.15, -0.1) is 0 Å². The predicted octanol–water partition coefficient (Wildman–Crippen LogP) is 5.85. The minimum atomic E-state index is -0.719. The van der Waals surface area contributed by atoms with E-state index >= 15 is 0 Å². The summed E-state index contributed by atoms with van der Waals surface area (Å²) in [6.07, 6.45) is 0.894. The Hall–Kier alpha value is -3.84. The number of hydrogen-bond donors (Lipinski definition) is 0. The molecule has 3 aromatic carbocycles. The molecule has 0 spiro atoms. The molecule has 33 heavy (non-hydrogen) atoms. The highest BCUT2D eigenvalue weighted by Gasteiger charge is 2.45. The number of rotatable bonds is 3. The average Bonchev–Trinajstić information content (AvgIpc) is 3.38. The van der Waals surface area contributed by atoms with Crippen molar-refractivity contribution < 1.29 is 13.6 Å². The highest BCUT2D eigenvalue weighted by Crippen LogP contribution is 2.43. The topological polar surface area (TPSA) is 63.4 Å². The number of aryl methyl sites for hydroxylation is 1. The molecule has 7 heteroatoms. The second-order valence-electron chi connectivity index (χ2n) is 7.95. The van der Waals surface area contributed by atoms with Gasteiger partial charge in [-0.3, -0.25) is 14.5 Å². The molecule has 2 aromatic heterocycles. The number of aromatic nitrogens is 1. The van der Waals surface area contributed by atoms with Crippen molar-refractivity contribution in [3.8, 4) is 0 Å². The van der Waals surface area contributed by atoms with Crippen molar-refractivity contribution in [2.45, 2.75) is 19.4 Å². The molecule has 0 N–H and O–H groups in total. The Bertz CT molecular complexity index is 1620. The van der Waals surface area contributed by atoms with Crippen molar-refractivity contribution in [2.24, 2.45) is 0 Å². The lowest BCUT2D eigenvalue weighted by atomic mass is 9.99. The van der Waals surface area contributed by atoms with Crippen LogP contribution in [0.4, 0.5) is 9.52 Å². The second-order valence-corrected chi connectivity index (χ2v) is 8.96. The largest absolute Gasteiger partial charge is 0.450 e. The second kappa shape index (κ2) is 7.35. The number of thiazole rings is 1. The summed E-state index contributed by atoms with van der Waals surface area (Å²) >= 11 is 1.40. The molecule has 0 radical (unpaired) electrons. The molecule has 0 fully saturated rings. The number of fused-ring (bicyclic) bond motifs is 3.